The van der Waals surface area contributed by atoms with E-state index in [1.807, 2.05) is 30.0 Å². The third kappa shape index (κ3) is 3.25. The molecule has 1 aliphatic rings. The van der Waals surface area contributed by atoms with Crippen LogP contribution in [0.15, 0.2) is 30.5 Å². The zero-order chi connectivity index (χ0) is 15.5. The molecule has 0 atom stereocenters. The van der Waals surface area contributed by atoms with Gasteiger partial charge in [0.25, 0.3) is 5.91 Å². The maximum atomic E-state index is 12.1. The first-order valence-electron chi connectivity index (χ1n) is 6.97. The first-order chi connectivity index (χ1) is 10.6. The minimum Gasteiger partial charge on any atom is -0.353 e. The molecule has 2 N–H and O–H groups in total. The van der Waals surface area contributed by atoms with Gasteiger partial charge >= 0.3 is 0 Å². The summed E-state index contributed by atoms with van der Waals surface area (Å²) >= 11 is 1.46. The Morgan fingerprint density at radius 3 is 2.86 bits per heavy atom. The van der Waals surface area contributed by atoms with Gasteiger partial charge in [0.2, 0.25) is 5.91 Å². The number of pyridine rings is 1. The maximum absolute atomic E-state index is 12.1. The van der Waals surface area contributed by atoms with Crippen LogP contribution in [0.1, 0.15) is 14.5 Å². The zero-order valence-corrected chi connectivity index (χ0v) is 12.9. The molecule has 0 spiro atoms. The number of rotatable bonds is 3. The van der Waals surface area contributed by atoms with E-state index in [0.29, 0.717) is 23.7 Å². The SMILES string of the molecule is Cc1ccc(C(=O)Nc2ccc(N3CCNC(=O)C3)nc2)s1. The molecule has 7 heteroatoms. The van der Waals surface area contributed by atoms with E-state index < -0.39 is 0 Å². The van der Waals surface area contributed by atoms with E-state index in [2.05, 4.69) is 15.6 Å². The lowest BCUT2D eigenvalue weighted by atomic mass is 10.3. The van der Waals surface area contributed by atoms with Crippen molar-refractivity contribution in [1.29, 1.82) is 0 Å². The number of hydrogen-bond acceptors (Lipinski definition) is 5. The molecule has 0 aromatic carbocycles. The molecule has 22 heavy (non-hydrogen) atoms. The highest BCUT2D eigenvalue weighted by atomic mass is 32.1. The number of carbonyl (C=O) groups is 2. The normalized spacial score (nSPS) is 14.6. The summed E-state index contributed by atoms with van der Waals surface area (Å²) in [5.41, 5.74) is 0.640. The topological polar surface area (TPSA) is 74.3 Å². The molecule has 2 aromatic heterocycles. The van der Waals surface area contributed by atoms with Gasteiger partial charge in [0, 0.05) is 18.0 Å². The van der Waals surface area contributed by atoms with E-state index in [9.17, 15) is 9.59 Å². The highest BCUT2D eigenvalue weighted by Gasteiger charge is 2.17. The molecule has 3 rings (SSSR count). The summed E-state index contributed by atoms with van der Waals surface area (Å²) in [5.74, 6) is 0.600. The number of amides is 2. The summed E-state index contributed by atoms with van der Waals surface area (Å²) < 4.78 is 0. The molecule has 0 radical (unpaired) electrons. The van der Waals surface area contributed by atoms with Crippen LogP contribution >= 0.6 is 11.3 Å². The van der Waals surface area contributed by atoms with E-state index in [0.717, 1.165) is 17.2 Å². The standard InChI is InChI=1S/C15H16N4O2S/c1-10-2-4-12(22-10)15(21)18-11-3-5-13(17-8-11)19-7-6-16-14(20)9-19/h2-5,8H,6-7,9H2,1H3,(H,16,20)(H,18,21). The quantitative estimate of drug-likeness (QED) is 0.903. The summed E-state index contributed by atoms with van der Waals surface area (Å²) in [5, 5.41) is 5.60. The molecule has 0 saturated carbocycles. The smallest absolute Gasteiger partial charge is 0.265 e. The highest BCUT2D eigenvalue weighted by molar-refractivity contribution is 7.14. The zero-order valence-electron chi connectivity index (χ0n) is 12.1. The van der Waals surface area contributed by atoms with Crippen LogP contribution in [0.4, 0.5) is 11.5 Å². The van der Waals surface area contributed by atoms with Gasteiger partial charge in [-0.1, -0.05) is 0 Å². The number of carbonyl (C=O) groups excluding carboxylic acids is 2. The molecule has 3 heterocycles. The molecule has 2 aromatic rings. The third-order valence-corrected chi connectivity index (χ3v) is 4.33. The van der Waals surface area contributed by atoms with Crippen LogP contribution in [0.5, 0.6) is 0 Å². The second-order valence-corrected chi connectivity index (χ2v) is 6.33. The Hall–Kier alpha value is -2.41. The second-order valence-electron chi connectivity index (χ2n) is 5.04. The molecule has 1 saturated heterocycles. The molecular weight excluding hydrogens is 300 g/mol. The van der Waals surface area contributed by atoms with Crippen molar-refractivity contribution in [3.05, 3.63) is 40.2 Å². The number of aryl methyl sites for hydroxylation is 1. The van der Waals surface area contributed by atoms with Crippen molar-refractivity contribution in [1.82, 2.24) is 10.3 Å². The monoisotopic (exact) mass is 316 g/mol. The predicted octanol–water partition coefficient (Wildman–Crippen LogP) is 1.64. The summed E-state index contributed by atoms with van der Waals surface area (Å²) in [6.07, 6.45) is 1.61. The maximum Gasteiger partial charge on any atom is 0.265 e. The van der Waals surface area contributed by atoms with Crippen molar-refractivity contribution in [2.75, 3.05) is 29.9 Å². The van der Waals surface area contributed by atoms with Crippen molar-refractivity contribution < 1.29 is 9.59 Å². The highest BCUT2D eigenvalue weighted by Crippen LogP contribution is 2.18. The molecule has 1 fully saturated rings. The van der Waals surface area contributed by atoms with Crippen molar-refractivity contribution >= 4 is 34.7 Å². The molecule has 0 bridgehead atoms. The van der Waals surface area contributed by atoms with Gasteiger partial charge in [-0.3, -0.25) is 9.59 Å². The number of hydrogen-bond donors (Lipinski definition) is 2. The van der Waals surface area contributed by atoms with Gasteiger partial charge in [-0.25, -0.2) is 4.98 Å². The van der Waals surface area contributed by atoms with Gasteiger partial charge in [0.1, 0.15) is 5.82 Å². The average Bonchev–Trinajstić information content (AvgIpc) is 2.95. The largest absolute Gasteiger partial charge is 0.353 e. The Bertz CT molecular complexity index is 696. The van der Waals surface area contributed by atoms with Crippen LogP contribution in [-0.2, 0) is 4.79 Å². The van der Waals surface area contributed by atoms with E-state index in [1.54, 1.807) is 12.3 Å². The molecular formula is C15H16N4O2S. The molecule has 0 unspecified atom stereocenters. The van der Waals surface area contributed by atoms with Gasteiger partial charge in [-0.2, -0.15) is 0 Å². The predicted molar refractivity (Wildman–Crippen MR) is 86.5 cm³/mol. The number of piperazine rings is 1. The van der Waals surface area contributed by atoms with Crippen LogP contribution in [0.3, 0.4) is 0 Å². The van der Waals surface area contributed by atoms with Crippen molar-refractivity contribution in [2.45, 2.75) is 6.92 Å². The molecule has 6 nitrogen and oxygen atoms in total. The number of aromatic nitrogens is 1. The Kier molecular flexibility index (Phi) is 4.06. The van der Waals surface area contributed by atoms with Gasteiger partial charge in [0.15, 0.2) is 0 Å². The fourth-order valence-corrected chi connectivity index (χ4v) is 2.99. The van der Waals surface area contributed by atoms with Gasteiger partial charge in [-0.05, 0) is 31.2 Å². The molecule has 1 aliphatic heterocycles. The van der Waals surface area contributed by atoms with Gasteiger partial charge < -0.3 is 15.5 Å². The Morgan fingerprint density at radius 2 is 2.23 bits per heavy atom. The fraction of sp³-hybridized carbons (Fsp3) is 0.267. The minimum absolute atomic E-state index is 0.00139. The van der Waals surface area contributed by atoms with Crippen molar-refractivity contribution in [3.8, 4) is 0 Å². The van der Waals surface area contributed by atoms with Crippen LogP contribution < -0.4 is 15.5 Å². The Labute approximate surface area is 132 Å². The number of thiophene rings is 1. The summed E-state index contributed by atoms with van der Waals surface area (Å²) in [4.78, 5) is 31.5. The first kappa shape index (κ1) is 14.5. The summed E-state index contributed by atoms with van der Waals surface area (Å²) in [7, 11) is 0. The van der Waals surface area contributed by atoms with Crippen LogP contribution in [0, 0.1) is 6.92 Å². The van der Waals surface area contributed by atoms with Crippen molar-refractivity contribution in [2.24, 2.45) is 0 Å². The van der Waals surface area contributed by atoms with Gasteiger partial charge in [0.05, 0.1) is 23.3 Å². The lowest BCUT2D eigenvalue weighted by Crippen LogP contribution is -2.48. The second kappa shape index (κ2) is 6.15. The van der Waals surface area contributed by atoms with Gasteiger partial charge in [-0.15, -0.1) is 11.3 Å². The summed E-state index contributed by atoms with van der Waals surface area (Å²) in [6, 6.07) is 7.34. The fourth-order valence-electron chi connectivity index (χ4n) is 2.23. The molecule has 2 amide bonds. The van der Waals surface area contributed by atoms with E-state index in [1.165, 1.54) is 11.3 Å². The lowest BCUT2D eigenvalue weighted by Gasteiger charge is -2.27. The lowest BCUT2D eigenvalue weighted by molar-refractivity contribution is -0.120. The first-order valence-corrected chi connectivity index (χ1v) is 7.79. The number of anilines is 2. The minimum atomic E-state index is -0.134. The van der Waals surface area contributed by atoms with Crippen LogP contribution in [0.25, 0.3) is 0 Å². The average molecular weight is 316 g/mol. The Balaban J connectivity index is 1.66. The van der Waals surface area contributed by atoms with E-state index >= 15 is 0 Å². The van der Waals surface area contributed by atoms with E-state index in [-0.39, 0.29) is 11.8 Å². The van der Waals surface area contributed by atoms with Crippen LogP contribution in [0.2, 0.25) is 0 Å². The molecule has 0 aliphatic carbocycles. The van der Waals surface area contributed by atoms with Crippen LogP contribution in [-0.4, -0.2) is 36.4 Å². The number of nitrogens with one attached hydrogen (secondary N) is 2. The van der Waals surface area contributed by atoms with Crippen molar-refractivity contribution in [3.63, 3.8) is 0 Å². The number of nitrogens with zero attached hydrogens (tertiary/aromatic N) is 2. The third-order valence-electron chi connectivity index (χ3n) is 3.33. The Morgan fingerprint density at radius 1 is 1.36 bits per heavy atom. The van der Waals surface area contributed by atoms with E-state index in [4.69, 9.17) is 0 Å². The molecule has 114 valence electrons. The summed E-state index contributed by atoms with van der Waals surface area (Å²) in [6.45, 7) is 3.63.